The molecule has 0 nitrogen and oxygen atoms in total. The van der Waals surface area contributed by atoms with Crippen LogP contribution in [-0.4, -0.2) is 14.2 Å². The van der Waals surface area contributed by atoms with Gasteiger partial charge in [0.05, 0.1) is 0 Å². The van der Waals surface area contributed by atoms with E-state index in [-0.39, 0.29) is 0 Å². The standard InChI is InChI=1S/C19H20BP/c1-21(20,17-11-5-2-6-12-17,18-13-7-3-8-14-18)19-15-9-4-10-16-19/h2-16H,20H2,1H3. The summed E-state index contributed by atoms with van der Waals surface area (Å²) in [6.45, 7) is 0.0753. The van der Waals surface area contributed by atoms with Crippen LogP contribution in [-0.2, 0) is 0 Å². The van der Waals surface area contributed by atoms with E-state index in [0.717, 1.165) is 0 Å². The molecule has 0 aromatic heterocycles. The molecule has 3 aromatic carbocycles. The molecule has 0 heterocycles. The van der Waals surface area contributed by atoms with Crippen LogP contribution < -0.4 is 15.9 Å². The molecular formula is C19H20BP. The summed E-state index contributed by atoms with van der Waals surface area (Å²) in [5.41, 5.74) is 0. The molecule has 0 aliphatic heterocycles. The number of benzene rings is 3. The monoisotopic (exact) mass is 290 g/mol. The van der Waals surface area contributed by atoms with E-state index in [1.165, 1.54) is 15.9 Å². The molecule has 104 valence electrons. The van der Waals surface area contributed by atoms with Crippen molar-refractivity contribution in [2.75, 3.05) is 6.66 Å². The van der Waals surface area contributed by atoms with E-state index in [1.54, 1.807) is 0 Å². The van der Waals surface area contributed by atoms with Crippen LogP contribution in [0.1, 0.15) is 0 Å². The number of hydrogen-bond donors (Lipinski definition) is 0. The molecule has 21 heavy (non-hydrogen) atoms. The van der Waals surface area contributed by atoms with Crippen molar-refractivity contribution in [3.8, 4) is 0 Å². The van der Waals surface area contributed by atoms with Gasteiger partial charge in [-0.05, 0) is 0 Å². The zero-order valence-corrected chi connectivity index (χ0v) is 13.5. The van der Waals surface area contributed by atoms with E-state index < -0.39 is 6.48 Å². The second kappa shape index (κ2) is 5.17. The van der Waals surface area contributed by atoms with Gasteiger partial charge >= 0.3 is 128 Å². The number of rotatable bonds is 3. The molecule has 0 radical (unpaired) electrons. The van der Waals surface area contributed by atoms with Crippen LogP contribution in [0.25, 0.3) is 0 Å². The SMILES string of the molecule is BP(C)(c1ccccc1)(c1ccccc1)c1ccccc1. The van der Waals surface area contributed by atoms with Crippen molar-refractivity contribution in [3.05, 3.63) is 91.0 Å². The topological polar surface area (TPSA) is 0 Å². The summed E-state index contributed by atoms with van der Waals surface area (Å²) < 4.78 is 0. The Morgan fingerprint density at radius 3 is 1.00 bits per heavy atom. The van der Waals surface area contributed by atoms with Crippen LogP contribution in [0.3, 0.4) is 0 Å². The molecule has 0 fully saturated rings. The Labute approximate surface area is 128 Å². The van der Waals surface area contributed by atoms with E-state index in [2.05, 4.69) is 105 Å². The number of hydrogen-bond acceptors (Lipinski definition) is 0. The third-order valence-corrected chi connectivity index (χ3v) is 10.1. The quantitative estimate of drug-likeness (QED) is 0.514. The summed E-state index contributed by atoms with van der Waals surface area (Å²) in [5.74, 6) is 0. The van der Waals surface area contributed by atoms with E-state index in [0.29, 0.717) is 0 Å². The maximum atomic E-state index is 2.45. The Morgan fingerprint density at radius 1 is 0.524 bits per heavy atom. The summed E-state index contributed by atoms with van der Waals surface area (Å²) in [6, 6.07) is 32.8. The van der Waals surface area contributed by atoms with Crippen molar-refractivity contribution >= 4 is 30.0 Å². The Kier molecular flexibility index (Phi) is 3.47. The van der Waals surface area contributed by atoms with E-state index in [4.69, 9.17) is 0 Å². The molecule has 0 N–H and O–H groups in total. The van der Waals surface area contributed by atoms with Gasteiger partial charge in [-0.15, -0.1) is 0 Å². The molecule has 0 unspecified atom stereocenters. The Hall–Kier alpha value is -1.85. The first-order chi connectivity index (χ1) is 10.1. The van der Waals surface area contributed by atoms with Crippen molar-refractivity contribution in [1.82, 2.24) is 0 Å². The zero-order valence-electron chi connectivity index (χ0n) is 12.6. The molecule has 0 aliphatic carbocycles. The first-order valence-corrected chi connectivity index (χ1v) is 10.4. The molecule has 0 spiro atoms. The minimum absolute atomic E-state index is 1.43. The van der Waals surface area contributed by atoms with Crippen molar-refractivity contribution in [2.24, 2.45) is 0 Å². The summed E-state index contributed by atoms with van der Waals surface area (Å²) >= 11 is 0. The van der Waals surface area contributed by atoms with Crippen LogP contribution in [0.2, 0.25) is 0 Å². The first kappa shape index (κ1) is 14.1. The molecule has 0 amide bonds. The third-order valence-electron chi connectivity index (χ3n) is 4.59. The average molecular weight is 290 g/mol. The predicted octanol–water partition coefficient (Wildman–Crippen LogP) is 2.69. The Morgan fingerprint density at radius 2 is 0.762 bits per heavy atom. The summed E-state index contributed by atoms with van der Waals surface area (Å²) in [6.07, 6.45) is 0. The molecule has 2 heteroatoms. The Bertz CT molecular complexity index is 618. The fourth-order valence-electron chi connectivity index (χ4n) is 3.07. The van der Waals surface area contributed by atoms with E-state index >= 15 is 0 Å². The van der Waals surface area contributed by atoms with E-state index in [9.17, 15) is 0 Å². The van der Waals surface area contributed by atoms with Crippen molar-refractivity contribution in [2.45, 2.75) is 0 Å². The summed E-state index contributed by atoms with van der Waals surface area (Å²) in [7, 11) is 2.45. The van der Waals surface area contributed by atoms with Gasteiger partial charge in [0.25, 0.3) is 0 Å². The second-order valence-corrected chi connectivity index (χ2v) is 11.9. The average Bonchev–Trinajstić information content (AvgIpc) is 2.57. The van der Waals surface area contributed by atoms with Crippen LogP contribution in [0.15, 0.2) is 91.0 Å². The van der Waals surface area contributed by atoms with Gasteiger partial charge in [0, 0.05) is 0 Å². The minimum atomic E-state index is -2.37. The van der Waals surface area contributed by atoms with Gasteiger partial charge in [-0.2, -0.15) is 0 Å². The third kappa shape index (κ3) is 2.22. The predicted molar refractivity (Wildman–Crippen MR) is 99.6 cm³/mol. The Balaban J connectivity index is 2.36. The fourth-order valence-corrected chi connectivity index (χ4v) is 7.17. The molecule has 3 rings (SSSR count). The molecule has 0 aliphatic rings. The first-order valence-electron chi connectivity index (χ1n) is 7.30. The molecular weight excluding hydrogens is 270 g/mol. The van der Waals surface area contributed by atoms with Gasteiger partial charge < -0.3 is 0 Å². The summed E-state index contributed by atoms with van der Waals surface area (Å²) in [5, 5.41) is 4.29. The van der Waals surface area contributed by atoms with Gasteiger partial charge in [0.1, 0.15) is 0 Å². The molecule has 0 bridgehead atoms. The van der Waals surface area contributed by atoms with E-state index in [1.807, 2.05) is 0 Å². The maximum absolute atomic E-state index is 2.45. The van der Waals surface area contributed by atoms with Gasteiger partial charge in [0.15, 0.2) is 0 Å². The normalized spacial score (nSPS) is 13.3. The van der Waals surface area contributed by atoms with Gasteiger partial charge in [0.2, 0.25) is 0 Å². The molecule has 3 aromatic rings. The van der Waals surface area contributed by atoms with Gasteiger partial charge in [-0.25, -0.2) is 0 Å². The van der Waals surface area contributed by atoms with Crippen molar-refractivity contribution < 1.29 is 0 Å². The van der Waals surface area contributed by atoms with Gasteiger partial charge in [-0.3, -0.25) is 0 Å². The second-order valence-electron chi connectivity index (χ2n) is 6.13. The van der Waals surface area contributed by atoms with Crippen LogP contribution in [0.4, 0.5) is 0 Å². The van der Waals surface area contributed by atoms with Crippen molar-refractivity contribution in [3.63, 3.8) is 0 Å². The van der Waals surface area contributed by atoms with Crippen LogP contribution in [0.5, 0.6) is 0 Å². The molecule has 0 atom stereocenters. The van der Waals surface area contributed by atoms with Crippen molar-refractivity contribution in [1.29, 1.82) is 0 Å². The fraction of sp³-hybridized carbons (Fsp3) is 0.0526. The van der Waals surface area contributed by atoms with Crippen LogP contribution in [0, 0.1) is 0 Å². The zero-order chi connectivity index (χ0) is 14.8. The summed E-state index contributed by atoms with van der Waals surface area (Å²) in [4.78, 5) is 0. The molecule has 0 saturated carbocycles. The molecule has 0 saturated heterocycles. The van der Waals surface area contributed by atoms with Crippen LogP contribution >= 0.6 is 6.48 Å². The van der Waals surface area contributed by atoms with Gasteiger partial charge in [-0.1, -0.05) is 0 Å².